The van der Waals surface area contributed by atoms with Crippen LogP contribution in [0.1, 0.15) is 48.2 Å². The van der Waals surface area contributed by atoms with Crippen LogP contribution in [-0.4, -0.2) is 26.1 Å². The molecule has 0 amide bonds. The number of hydrogen-bond acceptors (Lipinski definition) is 4. The lowest BCUT2D eigenvalue weighted by Gasteiger charge is -2.17. The smallest absolute Gasteiger partial charge is 0.335 e. The van der Waals surface area contributed by atoms with Gasteiger partial charge in [-0.2, -0.15) is 0 Å². The Morgan fingerprint density at radius 2 is 1.81 bits per heavy atom. The lowest BCUT2D eigenvalue weighted by Crippen LogP contribution is -2.15. The van der Waals surface area contributed by atoms with Crippen LogP contribution in [0.5, 0.6) is 5.75 Å². The normalized spacial score (nSPS) is 11.4. The van der Waals surface area contributed by atoms with Gasteiger partial charge >= 0.3 is 5.97 Å². The van der Waals surface area contributed by atoms with Gasteiger partial charge in [0.1, 0.15) is 10.6 Å². The summed E-state index contributed by atoms with van der Waals surface area (Å²) in [5.41, 5.74) is 2.26. The zero-order chi connectivity index (χ0) is 19.5. The summed E-state index contributed by atoms with van der Waals surface area (Å²) >= 11 is 0. The molecule has 0 radical (unpaired) electrons. The van der Waals surface area contributed by atoms with E-state index in [2.05, 4.69) is 4.72 Å². The van der Waals surface area contributed by atoms with E-state index in [4.69, 9.17) is 9.84 Å². The minimum absolute atomic E-state index is 0.0657. The van der Waals surface area contributed by atoms with Crippen molar-refractivity contribution in [2.24, 2.45) is 0 Å². The standard InChI is InChI=1S/C19H23NO5S/c1-5-25-17-10-13(4)16(12(2)3)11-18(17)26(23,24)20-15-8-6-14(7-9-15)19(21)22/h6-12,20H,5H2,1-4H3,(H,21,22). The lowest BCUT2D eigenvalue weighted by atomic mass is 9.98. The first-order valence-electron chi connectivity index (χ1n) is 8.29. The van der Waals surface area contributed by atoms with E-state index in [-0.39, 0.29) is 22.1 Å². The van der Waals surface area contributed by atoms with Crippen LogP contribution in [-0.2, 0) is 10.0 Å². The number of hydrogen-bond donors (Lipinski definition) is 2. The van der Waals surface area contributed by atoms with Crippen molar-refractivity contribution < 1.29 is 23.1 Å². The van der Waals surface area contributed by atoms with E-state index in [0.717, 1.165) is 11.1 Å². The maximum absolute atomic E-state index is 12.9. The summed E-state index contributed by atoms with van der Waals surface area (Å²) in [6.45, 7) is 8.05. The van der Waals surface area contributed by atoms with Gasteiger partial charge < -0.3 is 9.84 Å². The SMILES string of the molecule is CCOc1cc(C)c(C(C)C)cc1S(=O)(=O)Nc1ccc(C(=O)O)cc1. The second kappa shape index (κ2) is 7.78. The number of anilines is 1. The highest BCUT2D eigenvalue weighted by molar-refractivity contribution is 7.92. The molecule has 140 valence electrons. The van der Waals surface area contributed by atoms with Gasteiger partial charge in [0.2, 0.25) is 0 Å². The molecule has 2 aromatic carbocycles. The highest BCUT2D eigenvalue weighted by Crippen LogP contribution is 2.32. The van der Waals surface area contributed by atoms with Crippen LogP contribution in [0.2, 0.25) is 0 Å². The number of carbonyl (C=O) groups is 1. The van der Waals surface area contributed by atoms with Crippen LogP contribution in [0.15, 0.2) is 41.3 Å². The second-order valence-corrected chi connectivity index (χ2v) is 7.88. The molecule has 7 heteroatoms. The molecule has 0 saturated heterocycles. The molecule has 0 saturated carbocycles. The van der Waals surface area contributed by atoms with Crippen molar-refractivity contribution in [1.82, 2.24) is 0 Å². The van der Waals surface area contributed by atoms with Crippen LogP contribution in [0, 0.1) is 6.92 Å². The zero-order valence-electron chi connectivity index (χ0n) is 15.2. The molecule has 0 heterocycles. The highest BCUT2D eigenvalue weighted by atomic mass is 32.2. The molecule has 0 bridgehead atoms. The first-order valence-corrected chi connectivity index (χ1v) is 9.77. The van der Waals surface area contributed by atoms with Gasteiger partial charge in [-0.3, -0.25) is 4.72 Å². The number of nitrogens with one attached hydrogen (secondary N) is 1. The number of rotatable bonds is 7. The maximum atomic E-state index is 12.9. The highest BCUT2D eigenvalue weighted by Gasteiger charge is 2.23. The van der Waals surface area contributed by atoms with Crippen LogP contribution in [0.3, 0.4) is 0 Å². The van der Waals surface area contributed by atoms with Gasteiger partial charge in [0.25, 0.3) is 10.0 Å². The fraction of sp³-hybridized carbons (Fsp3) is 0.316. The predicted molar refractivity (Wildman–Crippen MR) is 101 cm³/mol. The molecule has 0 atom stereocenters. The zero-order valence-corrected chi connectivity index (χ0v) is 16.1. The van der Waals surface area contributed by atoms with Crippen molar-refractivity contribution in [3.05, 3.63) is 53.1 Å². The minimum atomic E-state index is -3.89. The second-order valence-electron chi connectivity index (χ2n) is 6.23. The van der Waals surface area contributed by atoms with Gasteiger partial charge in [-0.25, -0.2) is 13.2 Å². The van der Waals surface area contributed by atoms with Crippen LogP contribution >= 0.6 is 0 Å². The fourth-order valence-corrected chi connectivity index (χ4v) is 3.89. The Balaban J connectivity index is 2.46. The van der Waals surface area contributed by atoms with E-state index >= 15 is 0 Å². The Kier molecular flexibility index (Phi) is 5.92. The summed E-state index contributed by atoms with van der Waals surface area (Å²) in [4.78, 5) is 11.0. The third-order valence-corrected chi connectivity index (χ3v) is 5.33. The van der Waals surface area contributed by atoms with Gasteiger partial charge in [-0.1, -0.05) is 13.8 Å². The van der Waals surface area contributed by atoms with Crippen molar-refractivity contribution in [2.45, 2.75) is 38.5 Å². The molecule has 26 heavy (non-hydrogen) atoms. The van der Waals surface area contributed by atoms with Crippen molar-refractivity contribution in [3.8, 4) is 5.75 Å². The monoisotopic (exact) mass is 377 g/mol. The van der Waals surface area contributed by atoms with E-state index in [1.54, 1.807) is 19.1 Å². The summed E-state index contributed by atoms with van der Waals surface area (Å²) in [5, 5.41) is 8.94. The topological polar surface area (TPSA) is 92.7 Å². The molecule has 2 aromatic rings. The van der Waals surface area contributed by atoms with Gasteiger partial charge in [-0.05, 0) is 67.3 Å². The van der Waals surface area contributed by atoms with E-state index in [0.29, 0.717) is 12.4 Å². The molecule has 0 aromatic heterocycles. The number of aromatic carboxylic acids is 1. The molecule has 0 aliphatic carbocycles. The van der Waals surface area contributed by atoms with Crippen LogP contribution < -0.4 is 9.46 Å². The van der Waals surface area contributed by atoms with E-state index < -0.39 is 16.0 Å². The average molecular weight is 377 g/mol. The van der Waals surface area contributed by atoms with Gasteiger partial charge in [0.05, 0.1) is 12.2 Å². The molecule has 0 spiro atoms. The Hall–Kier alpha value is -2.54. The summed E-state index contributed by atoms with van der Waals surface area (Å²) in [5.74, 6) is -0.614. The third kappa shape index (κ3) is 4.35. The molecule has 2 N–H and O–H groups in total. The molecule has 0 aliphatic rings. The first kappa shape index (κ1) is 19.8. The van der Waals surface area contributed by atoms with Crippen molar-refractivity contribution in [3.63, 3.8) is 0 Å². The lowest BCUT2D eigenvalue weighted by molar-refractivity contribution is 0.0697. The maximum Gasteiger partial charge on any atom is 0.335 e. The van der Waals surface area contributed by atoms with Crippen LogP contribution in [0.4, 0.5) is 5.69 Å². The van der Waals surface area contributed by atoms with E-state index in [1.165, 1.54) is 24.3 Å². The third-order valence-electron chi connectivity index (χ3n) is 3.93. The van der Waals surface area contributed by atoms with Gasteiger partial charge in [0.15, 0.2) is 0 Å². The van der Waals surface area contributed by atoms with Crippen molar-refractivity contribution in [1.29, 1.82) is 0 Å². The van der Waals surface area contributed by atoms with E-state index in [9.17, 15) is 13.2 Å². The summed E-state index contributed by atoms with van der Waals surface area (Å²) in [6.07, 6.45) is 0. The van der Waals surface area contributed by atoms with Gasteiger partial charge in [0, 0.05) is 5.69 Å². The Labute approximate surface area is 153 Å². The number of sulfonamides is 1. The number of carboxylic acid groups (broad SMARTS) is 1. The van der Waals surface area contributed by atoms with Crippen molar-refractivity contribution in [2.75, 3.05) is 11.3 Å². The number of carboxylic acids is 1. The molecule has 0 aliphatic heterocycles. The van der Waals surface area contributed by atoms with Gasteiger partial charge in [-0.15, -0.1) is 0 Å². The molecule has 6 nitrogen and oxygen atoms in total. The fourth-order valence-electron chi connectivity index (χ4n) is 2.67. The summed E-state index contributed by atoms with van der Waals surface area (Å²) in [6, 6.07) is 8.90. The first-order chi connectivity index (χ1) is 12.2. The average Bonchev–Trinajstić information content (AvgIpc) is 2.54. The van der Waals surface area contributed by atoms with Crippen molar-refractivity contribution >= 4 is 21.7 Å². The molecular weight excluding hydrogens is 354 g/mol. The molecule has 0 unspecified atom stereocenters. The Morgan fingerprint density at radius 1 is 1.19 bits per heavy atom. The van der Waals surface area contributed by atoms with Crippen LogP contribution in [0.25, 0.3) is 0 Å². The van der Waals surface area contributed by atoms with E-state index in [1.807, 2.05) is 20.8 Å². The number of benzene rings is 2. The number of ether oxygens (including phenoxy) is 1. The molecule has 2 rings (SSSR count). The minimum Gasteiger partial charge on any atom is -0.492 e. The summed E-state index contributed by atoms with van der Waals surface area (Å²) in [7, 11) is -3.89. The largest absolute Gasteiger partial charge is 0.492 e. The predicted octanol–water partition coefficient (Wildman–Crippen LogP) is 4.02. The molecular formula is C19H23NO5S. The molecule has 0 fully saturated rings. The Bertz CT molecular complexity index is 902. The quantitative estimate of drug-likeness (QED) is 0.760. The summed E-state index contributed by atoms with van der Waals surface area (Å²) < 4.78 is 33.8. The Morgan fingerprint density at radius 3 is 2.31 bits per heavy atom. The number of aryl methyl sites for hydroxylation is 1.